The van der Waals surface area contributed by atoms with E-state index in [1.165, 1.54) is 11.3 Å². The Morgan fingerprint density at radius 1 is 1.31 bits per heavy atom. The number of aromatic nitrogens is 3. The van der Waals surface area contributed by atoms with E-state index in [-0.39, 0.29) is 18.1 Å². The number of nitrogens with one attached hydrogen (secondary N) is 3. The molecule has 0 amide bonds. The van der Waals surface area contributed by atoms with Gasteiger partial charge in [0.05, 0.1) is 10.2 Å². The number of nitrogens with zero attached hydrogens (tertiary/aromatic N) is 3. The van der Waals surface area contributed by atoms with Crippen LogP contribution in [0.4, 0.5) is 11.8 Å². The molecule has 4 N–H and O–H groups in total. The molecule has 2 aromatic heterocycles. The van der Waals surface area contributed by atoms with Crippen LogP contribution < -0.4 is 21.1 Å². The van der Waals surface area contributed by atoms with Gasteiger partial charge >= 0.3 is 0 Å². The van der Waals surface area contributed by atoms with E-state index >= 15 is 0 Å². The van der Waals surface area contributed by atoms with Crippen molar-refractivity contribution in [3.63, 3.8) is 0 Å². The van der Waals surface area contributed by atoms with Crippen LogP contribution >= 0.6 is 11.3 Å². The van der Waals surface area contributed by atoms with Crippen molar-refractivity contribution < 1.29 is 9.90 Å². The molecule has 1 atom stereocenters. The number of hydrogen-bond acceptors (Lipinski definition) is 8. The number of piperidine rings is 1. The van der Waals surface area contributed by atoms with Crippen LogP contribution in [0.2, 0.25) is 0 Å². The van der Waals surface area contributed by atoms with E-state index in [0.29, 0.717) is 22.3 Å². The zero-order chi connectivity index (χ0) is 20.8. The monoisotopic (exact) mass is 416 g/mol. The van der Waals surface area contributed by atoms with Crippen LogP contribution in [0.1, 0.15) is 12.8 Å². The summed E-state index contributed by atoms with van der Waals surface area (Å²) in [6.45, 7) is 1.65. The number of fused-ring (bicyclic) bond motifs is 1. The normalized spacial score (nSPS) is 16.0. The van der Waals surface area contributed by atoms with E-state index < -0.39 is 0 Å². The van der Waals surface area contributed by atoms with Gasteiger partial charge in [-0.25, -0.2) is 4.98 Å². The van der Waals surface area contributed by atoms with Gasteiger partial charge in [0.1, 0.15) is 16.4 Å². The molecule has 1 aliphatic rings. The maximum absolute atomic E-state index is 12.9. The first kappa shape index (κ1) is 20.7. The molecule has 0 aliphatic carbocycles. The largest absolute Gasteiger partial charge is 0.483 e. The maximum atomic E-state index is 12.9. The van der Waals surface area contributed by atoms with Crippen LogP contribution in [0.15, 0.2) is 29.1 Å². The topological polar surface area (TPSA) is 123 Å². The molecule has 1 aromatic carbocycles. The summed E-state index contributed by atoms with van der Waals surface area (Å²) >= 11 is 1.51. The summed E-state index contributed by atoms with van der Waals surface area (Å²) in [5.41, 5.74) is 1.24. The van der Waals surface area contributed by atoms with Crippen LogP contribution in [-0.2, 0) is 4.79 Å². The van der Waals surface area contributed by atoms with Crippen LogP contribution in [0.25, 0.3) is 20.8 Å². The fourth-order valence-corrected chi connectivity index (χ4v) is 4.13. The molecule has 154 valence electrons. The first-order valence-corrected chi connectivity index (χ1v) is 10.1. The average Bonchev–Trinajstić information content (AvgIpc) is 3.12. The molecule has 4 rings (SSSR count). The number of hydrogen-bond donors (Lipinski definition) is 4. The molecule has 0 spiro atoms. The molecule has 9 nitrogen and oxygen atoms in total. The summed E-state index contributed by atoms with van der Waals surface area (Å²) in [4.78, 5) is 35.2. The zero-order valence-electron chi connectivity index (χ0n) is 16.3. The highest BCUT2D eigenvalue weighted by Crippen LogP contribution is 2.32. The highest BCUT2D eigenvalue weighted by atomic mass is 32.1. The van der Waals surface area contributed by atoms with Crippen molar-refractivity contribution in [3.05, 3.63) is 34.6 Å². The van der Waals surface area contributed by atoms with Crippen LogP contribution in [0.3, 0.4) is 0 Å². The van der Waals surface area contributed by atoms with Crippen LogP contribution in [0.5, 0.6) is 0 Å². The van der Waals surface area contributed by atoms with Crippen LogP contribution in [-0.4, -0.2) is 59.8 Å². The van der Waals surface area contributed by atoms with Crippen molar-refractivity contribution in [1.29, 1.82) is 0 Å². The van der Waals surface area contributed by atoms with E-state index in [1.54, 1.807) is 4.90 Å². The van der Waals surface area contributed by atoms with Gasteiger partial charge in [0.25, 0.3) is 12.0 Å². The minimum absolute atomic E-state index is 0.172. The molecule has 0 unspecified atom stereocenters. The van der Waals surface area contributed by atoms with E-state index in [2.05, 4.69) is 25.6 Å². The first-order chi connectivity index (χ1) is 14.0. The van der Waals surface area contributed by atoms with Crippen molar-refractivity contribution >= 4 is 39.8 Å². The first-order valence-electron chi connectivity index (χ1n) is 9.26. The summed E-state index contributed by atoms with van der Waals surface area (Å²) in [5.74, 6) is 1.14. The van der Waals surface area contributed by atoms with Crippen molar-refractivity contribution in [1.82, 2.24) is 20.3 Å². The molecule has 3 heterocycles. The molecule has 1 aliphatic heterocycles. The molecule has 10 heteroatoms. The molecule has 1 saturated heterocycles. The number of anilines is 2. The SMILES string of the molecule is CN(C)c1nc(N[C@@H]2CCCNC2)c(-c2nc3ccccc3s2)c(=O)[nH]1.O=CO. The summed E-state index contributed by atoms with van der Waals surface area (Å²) in [7, 11) is 3.73. The van der Waals surface area contributed by atoms with Gasteiger partial charge in [-0.15, -0.1) is 11.3 Å². The van der Waals surface area contributed by atoms with E-state index in [0.717, 1.165) is 36.1 Å². The Hall–Kier alpha value is -2.98. The average molecular weight is 417 g/mol. The Labute approximate surface area is 171 Å². The van der Waals surface area contributed by atoms with Gasteiger partial charge in [0, 0.05) is 26.7 Å². The quantitative estimate of drug-likeness (QED) is 0.476. The van der Waals surface area contributed by atoms with Gasteiger partial charge in [-0.1, -0.05) is 12.1 Å². The van der Waals surface area contributed by atoms with E-state index in [9.17, 15) is 4.79 Å². The summed E-state index contributed by atoms with van der Waals surface area (Å²) in [6, 6.07) is 8.17. The molecule has 3 aromatic rings. The Kier molecular flexibility index (Phi) is 6.78. The second-order valence-electron chi connectivity index (χ2n) is 6.79. The fraction of sp³-hybridized carbons (Fsp3) is 0.368. The third-order valence-corrected chi connectivity index (χ3v) is 5.53. The highest BCUT2D eigenvalue weighted by Gasteiger charge is 2.21. The summed E-state index contributed by atoms with van der Waals surface area (Å²) in [5, 5.41) is 14.4. The lowest BCUT2D eigenvalue weighted by atomic mass is 10.1. The summed E-state index contributed by atoms with van der Waals surface area (Å²) in [6.07, 6.45) is 2.16. The molecular weight excluding hydrogens is 392 g/mol. The predicted molar refractivity (Wildman–Crippen MR) is 116 cm³/mol. The lowest BCUT2D eigenvalue weighted by Crippen LogP contribution is -2.39. The van der Waals surface area contributed by atoms with Gasteiger partial charge in [-0.05, 0) is 31.5 Å². The minimum atomic E-state index is -0.250. The number of para-hydroxylation sites is 1. The number of benzene rings is 1. The van der Waals surface area contributed by atoms with Gasteiger partial charge in [0.15, 0.2) is 0 Å². The zero-order valence-corrected chi connectivity index (χ0v) is 17.1. The number of carbonyl (C=O) groups is 1. The molecular formula is C19H24N6O3S. The second kappa shape index (κ2) is 9.48. The standard InChI is InChI=1S/C18H22N6OS.CH2O2/c1-24(2)18-22-15(20-11-6-5-9-19-10-11)14(16(25)23-18)17-21-12-7-3-4-8-13(12)26-17;2-1-3/h3-4,7-8,11,19H,5-6,9-10H2,1-2H3,(H2,20,22,23,25);1H,(H,2,3)/t11-;/m1./s1. The minimum Gasteiger partial charge on any atom is -0.483 e. The third-order valence-electron chi connectivity index (χ3n) is 4.48. The second-order valence-corrected chi connectivity index (χ2v) is 7.82. The fourth-order valence-electron chi connectivity index (χ4n) is 3.12. The number of thiazole rings is 1. The predicted octanol–water partition coefficient (Wildman–Crippen LogP) is 1.98. The highest BCUT2D eigenvalue weighted by molar-refractivity contribution is 7.21. The Morgan fingerprint density at radius 3 is 2.72 bits per heavy atom. The van der Waals surface area contributed by atoms with Gasteiger partial charge in [-0.2, -0.15) is 4.98 Å². The van der Waals surface area contributed by atoms with Crippen molar-refractivity contribution in [3.8, 4) is 10.6 Å². The maximum Gasteiger partial charge on any atom is 0.290 e. The molecule has 0 saturated carbocycles. The van der Waals surface area contributed by atoms with Gasteiger partial charge in [0.2, 0.25) is 5.95 Å². The lowest BCUT2D eigenvalue weighted by molar-refractivity contribution is -0.122. The molecule has 0 bridgehead atoms. The number of H-pyrrole nitrogens is 1. The third kappa shape index (κ3) is 4.90. The Bertz CT molecular complexity index is 993. The number of aromatic amines is 1. The lowest BCUT2D eigenvalue weighted by Gasteiger charge is -2.25. The summed E-state index contributed by atoms with van der Waals surface area (Å²) < 4.78 is 1.06. The van der Waals surface area contributed by atoms with E-state index in [1.807, 2.05) is 38.4 Å². The Balaban J connectivity index is 0.000000755. The smallest absolute Gasteiger partial charge is 0.290 e. The molecule has 29 heavy (non-hydrogen) atoms. The van der Waals surface area contributed by atoms with Crippen LogP contribution in [0, 0.1) is 0 Å². The van der Waals surface area contributed by atoms with Gasteiger partial charge < -0.3 is 20.6 Å². The molecule has 1 fully saturated rings. The van der Waals surface area contributed by atoms with Crippen molar-refractivity contribution in [2.24, 2.45) is 0 Å². The Morgan fingerprint density at radius 2 is 2.07 bits per heavy atom. The van der Waals surface area contributed by atoms with E-state index in [4.69, 9.17) is 9.90 Å². The van der Waals surface area contributed by atoms with Gasteiger partial charge in [-0.3, -0.25) is 14.6 Å². The van der Waals surface area contributed by atoms with Crippen molar-refractivity contribution in [2.75, 3.05) is 37.4 Å². The number of rotatable bonds is 4. The number of carboxylic acid groups (broad SMARTS) is 1. The molecule has 0 radical (unpaired) electrons. The van der Waals surface area contributed by atoms with Crippen molar-refractivity contribution in [2.45, 2.75) is 18.9 Å².